The van der Waals surface area contributed by atoms with Crippen molar-refractivity contribution in [2.45, 2.75) is 51.6 Å². The van der Waals surface area contributed by atoms with Crippen LogP contribution in [0.3, 0.4) is 0 Å². The lowest BCUT2D eigenvalue weighted by atomic mass is 9.85. The molecule has 0 radical (unpaired) electrons. The zero-order valence-electron chi connectivity index (χ0n) is 12.3. The van der Waals surface area contributed by atoms with E-state index in [4.69, 9.17) is 5.11 Å². The van der Waals surface area contributed by atoms with Crippen LogP contribution in [0.25, 0.3) is 0 Å². The van der Waals surface area contributed by atoms with Crippen LogP contribution in [0.4, 0.5) is 0 Å². The van der Waals surface area contributed by atoms with E-state index in [-0.39, 0.29) is 12.1 Å². The number of nitrogens with zero attached hydrogens (tertiary/aromatic N) is 1. The predicted octanol–water partition coefficient (Wildman–Crippen LogP) is 3.49. The number of fused-ring (bicyclic) bond motifs is 1. The van der Waals surface area contributed by atoms with Gasteiger partial charge in [-0.1, -0.05) is 22.0 Å². The minimum absolute atomic E-state index is 0.111. The average molecular weight is 340 g/mol. The number of aliphatic carboxylic acids is 1. The third-order valence-corrected chi connectivity index (χ3v) is 4.47. The van der Waals surface area contributed by atoms with Crippen molar-refractivity contribution in [2.75, 3.05) is 6.54 Å². The van der Waals surface area contributed by atoms with E-state index in [1.54, 1.807) is 0 Å². The van der Waals surface area contributed by atoms with Crippen LogP contribution in [0.15, 0.2) is 22.7 Å². The fourth-order valence-corrected chi connectivity index (χ4v) is 3.44. The quantitative estimate of drug-likeness (QED) is 0.916. The Morgan fingerprint density at radius 2 is 2.10 bits per heavy atom. The summed E-state index contributed by atoms with van der Waals surface area (Å²) in [7, 11) is 0. The van der Waals surface area contributed by atoms with Crippen molar-refractivity contribution in [1.82, 2.24) is 4.90 Å². The first kappa shape index (κ1) is 15.5. The summed E-state index contributed by atoms with van der Waals surface area (Å²) in [5, 5.41) is 9.16. The molecule has 0 fully saturated rings. The molecular weight excluding hydrogens is 318 g/mol. The Morgan fingerprint density at radius 1 is 1.40 bits per heavy atom. The minimum Gasteiger partial charge on any atom is -0.480 e. The fraction of sp³-hybridized carbons (Fsp3) is 0.562. The molecule has 4 heteroatoms. The van der Waals surface area contributed by atoms with E-state index in [1.807, 2.05) is 0 Å². The number of carbonyl (C=O) groups is 1. The Balaban J connectivity index is 2.21. The number of carboxylic acids is 1. The van der Waals surface area contributed by atoms with Gasteiger partial charge in [-0.05, 0) is 63.3 Å². The highest BCUT2D eigenvalue weighted by molar-refractivity contribution is 9.10. The highest BCUT2D eigenvalue weighted by Crippen LogP contribution is 2.30. The second-order valence-electron chi connectivity index (χ2n) is 6.50. The van der Waals surface area contributed by atoms with Gasteiger partial charge in [0.1, 0.15) is 0 Å². The van der Waals surface area contributed by atoms with Crippen LogP contribution in [0.5, 0.6) is 0 Å². The largest absolute Gasteiger partial charge is 0.480 e. The number of rotatable bonds is 3. The molecule has 1 aliphatic carbocycles. The molecule has 0 heterocycles. The van der Waals surface area contributed by atoms with Gasteiger partial charge in [-0.3, -0.25) is 9.69 Å². The molecule has 1 atom stereocenters. The van der Waals surface area contributed by atoms with E-state index >= 15 is 0 Å². The van der Waals surface area contributed by atoms with Gasteiger partial charge in [0.05, 0.1) is 6.54 Å². The number of hydrogen-bond acceptors (Lipinski definition) is 2. The molecule has 3 nitrogen and oxygen atoms in total. The number of hydrogen-bond donors (Lipinski definition) is 1. The van der Waals surface area contributed by atoms with E-state index in [0.717, 1.165) is 23.7 Å². The maximum absolute atomic E-state index is 11.1. The molecular formula is C16H22BrNO2. The second kappa shape index (κ2) is 5.86. The SMILES string of the molecule is CC(C)(C)N(CC(=O)O)C1CCc2cc(Br)ccc2C1. The summed E-state index contributed by atoms with van der Waals surface area (Å²) in [6.45, 7) is 6.38. The molecule has 0 saturated heterocycles. The first-order chi connectivity index (χ1) is 9.27. The van der Waals surface area contributed by atoms with Crippen LogP contribution in [-0.2, 0) is 17.6 Å². The maximum Gasteiger partial charge on any atom is 0.317 e. The van der Waals surface area contributed by atoms with Crippen LogP contribution in [0.2, 0.25) is 0 Å². The lowest BCUT2D eigenvalue weighted by molar-refractivity contribution is -0.140. The zero-order chi connectivity index (χ0) is 14.9. The van der Waals surface area contributed by atoms with Gasteiger partial charge >= 0.3 is 5.97 Å². The molecule has 2 rings (SSSR count). The van der Waals surface area contributed by atoms with E-state index in [0.29, 0.717) is 6.04 Å². The van der Waals surface area contributed by atoms with Crippen molar-refractivity contribution in [3.05, 3.63) is 33.8 Å². The second-order valence-corrected chi connectivity index (χ2v) is 7.42. The Hall–Kier alpha value is -0.870. The molecule has 1 aromatic carbocycles. The van der Waals surface area contributed by atoms with Crippen LogP contribution in [0, 0.1) is 0 Å². The Kier molecular flexibility index (Phi) is 4.55. The number of aryl methyl sites for hydroxylation is 1. The van der Waals surface area contributed by atoms with E-state index in [1.165, 1.54) is 11.1 Å². The monoisotopic (exact) mass is 339 g/mol. The van der Waals surface area contributed by atoms with E-state index in [2.05, 4.69) is 59.8 Å². The highest BCUT2D eigenvalue weighted by Gasteiger charge is 2.32. The number of benzene rings is 1. The molecule has 0 spiro atoms. The summed E-state index contributed by atoms with van der Waals surface area (Å²) in [5.41, 5.74) is 2.61. The molecule has 20 heavy (non-hydrogen) atoms. The van der Waals surface area contributed by atoms with Gasteiger partial charge in [-0.15, -0.1) is 0 Å². The predicted molar refractivity (Wildman–Crippen MR) is 84.0 cm³/mol. The Labute approximate surface area is 129 Å². The van der Waals surface area contributed by atoms with Crippen molar-refractivity contribution in [3.8, 4) is 0 Å². The highest BCUT2D eigenvalue weighted by atomic mass is 79.9. The van der Waals surface area contributed by atoms with Gasteiger partial charge < -0.3 is 5.11 Å². The first-order valence-electron chi connectivity index (χ1n) is 7.03. The molecule has 0 aliphatic heterocycles. The number of carboxylic acid groups (broad SMARTS) is 1. The summed E-state index contributed by atoms with van der Waals surface area (Å²) in [5.74, 6) is -0.749. The maximum atomic E-state index is 11.1. The molecule has 0 aromatic heterocycles. The third-order valence-electron chi connectivity index (χ3n) is 3.98. The normalized spacial score (nSPS) is 18.9. The van der Waals surface area contributed by atoms with Crippen LogP contribution in [-0.4, -0.2) is 34.1 Å². The molecule has 1 N–H and O–H groups in total. The molecule has 0 amide bonds. The van der Waals surface area contributed by atoms with Gasteiger partial charge in [-0.2, -0.15) is 0 Å². The molecule has 1 aliphatic rings. The van der Waals surface area contributed by atoms with Crippen molar-refractivity contribution in [2.24, 2.45) is 0 Å². The Bertz CT molecular complexity index is 508. The van der Waals surface area contributed by atoms with Crippen LogP contribution >= 0.6 is 15.9 Å². The average Bonchev–Trinajstić information content (AvgIpc) is 2.34. The molecule has 0 bridgehead atoms. The fourth-order valence-electron chi connectivity index (χ4n) is 3.03. The van der Waals surface area contributed by atoms with Gasteiger partial charge in [0.2, 0.25) is 0 Å². The lowest BCUT2D eigenvalue weighted by Gasteiger charge is -2.42. The van der Waals surface area contributed by atoms with Crippen molar-refractivity contribution < 1.29 is 9.90 Å². The number of halogens is 1. The molecule has 1 aromatic rings. The topological polar surface area (TPSA) is 40.5 Å². The molecule has 1 unspecified atom stereocenters. The van der Waals surface area contributed by atoms with Gasteiger partial charge in [-0.25, -0.2) is 0 Å². The standard InChI is InChI=1S/C16H22BrNO2/c1-16(2,3)18(10-15(19)20)14-7-5-11-8-13(17)6-4-12(11)9-14/h4,6,8,14H,5,7,9-10H2,1-3H3,(H,19,20). The van der Waals surface area contributed by atoms with Crippen molar-refractivity contribution in [3.63, 3.8) is 0 Å². The van der Waals surface area contributed by atoms with E-state index < -0.39 is 5.97 Å². The summed E-state index contributed by atoms with van der Waals surface area (Å²) in [6.07, 6.45) is 2.98. The molecule has 0 saturated carbocycles. The van der Waals surface area contributed by atoms with Gasteiger partial charge in [0, 0.05) is 16.1 Å². The van der Waals surface area contributed by atoms with Gasteiger partial charge in [0.15, 0.2) is 0 Å². The summed E-state index contributed by atoms with van der Waals surface area (Å²) >= 11 is 3.51. The zero-order valence-corrected chi connectivity index (χ0v) is 13.9. The summed E-state index contributed by atoms with van der Waals surface area (Å²) in [6, 6.07) is 6.72. The molecule has 110 valence electrons. The van der Waals surface area contributed by atoms with Crippen LogP contribution in [0.1, 0.15) is 38.3 Å². The minimum atomic E-state index is -0.749. The van der Waals surface area contributed by atoms with Crippen molar-refractivity contribution >= 4 is 21.9 Å². The van der Waals surface area contributed by atoms with Gasteiger partial charge in [0.25, 0.3) is 0 Å². The Morgan fingerprint density at radius 3 is 2.70 bits per heavy atom. The van der Waals surface area contributed by atoms with Crippen LogP contribution < -0.4 is 0 Å². The summed E-state index contributed by atoms with van der Waals surface area (Å²) in [4.78, 5) is 13.3. The first-order valence-corrected chi connectivity index (χ1v) is 7.82. The smallest absolute Gasteiger partial charge is 0.317 e. The third kappa shape index (κ3) is 3.61. The van der Waals surface area contributed by atoms with Crippen molar-refractivity contribution in [1.29, 1.82) is 0 Å². The van der Waals surface area contributed by atoms with E-state index in [9.17, 15) is 4.79 Å². The lowest BCUT2D eigenvalue weighted by Crippen LogP contribution is -2.52. The summed E-state index contributed by atoms with van der Waals surface area (Å²) < 4.78 is 1.12.